The minimum Gasteiger partial charge on any atom is -0.490 e. The quantitative estimate of drug-likeness (QED) is 0.649. The topological polar surface area (TPSA) is 66.8 Å². The molecule has 2 aromatic rings. The predicted octanol–water partition coefficient (Wildman–Crippen LogP) is 2.40. The fraction of sp³-hybridized carbons (Fsp3) is 0.480. The van der Waals surface area contributed by atoms with Crippen molar-refractivity contribution in [2.45, 2.75) is 72.9 Å². The molecule has 5 rings (SSSR count). The summed E-state index contributed by atoms with van der Waals surface area (Å²) in [5.74, 6) is 0.279. The molecule has 8 radical (unpaired) electrons. The molecule has 2 aromatic carbocycles. The summed E-state index contributed by atoms with van der Waals surface area (Å²) in [5, 5.41) is 16.3. The molecule has 10 heteroatoms. The van der Waals surface area contributed by atoms with Gasteiger partial charge in [0.2, 0.25) is 0 Å². The van der Waals surface area contributed by atoms with Gasteiger partial charge in [0.1, 0.15) is 25.1 Å². The molecule has 35 heavy (non-hydrogen) atoms. The molecule has 2 unspecified atom stereocenters. The Morgan fingerprint density at radius 2 is 1.71 bits per heavy atom. The molecule has 2 atom stereocenters. The van der Waals surface area contributed by atoms with E-state index in [0.717, 1.165) is 44.9 Å². The molecule has 1 aliphatic heterocycles. The number of benzene rings is 2. The summed E-state index contributed by atoms with van der Waals surface area (Å²) < 4.78 is 21.5. The summed E-state index contributed by atoms with van der Waals surface area (Å²) in [7, 11) is 24.1. The maximum absolute atomic E-state index is 15.1. The standard InChI is InChI=1S/C25H24B5FO4/c26-24(27,28)23(22(32)30(34)25(23,29)33)15-11-12-20(35-16-7-1-2-8-16)18(13-15)17-9-4-10-19(31)21(17)14-5-3-6-14/h4,9-14,16,33-34H,1-3,5-8H2. The van der Waals surface area contributed by atoms with Crippen molar-refractivity contribution in [2.24, 2.45) is 0 Å². The van der Waals surface area contributed by atoms with E-state index in [9.17, 15) is 14.9 Å². The van der Waals surface area contributed by atoms with Gasteiger partial charge in [-0.1, -0.05) is 24.6 Å². The Morgan fingerprint density at radius 3 is 2.29 bits per heavy atom. The van der Waals surface area contributed by atoms with Crippen molar-refractivity contribution in [2.75, 3.05) is 0 Å². The first-order chi connectivity index (χ1) is 16.5. The van der Waals surface area contributed by atoms with E-state index in [1.54, 1.807) is 18.2 Å². The van der Waals surface area contributed by atoms with E-state index < -0.39 is 28.5 Å². The lowest BCUT2D eigenvalue weighted by atomic mass is 9.09. The lowest BCUT2D eigenvalue weighted by molar-refractivity contribution is -0.129. The molecule has 1 heterocycles. The molecule has 1 saturated heterocycles. The molecule has 0 bridgehead atoms. The summed E-state index contributed by atoms with van der Waals surface area (Å²) in [4.78, 5) is 13.0. The molecule has 2 aliphatic carbocycles. The third-order valence-electron chi connectivity index (χ3n) is 8.15. The minimum absolute atomic E-state index is 0.0190. The van der Waals surface area contributed by atoms with Crippen LogP contribution in [-0.4, -0.2) is 65.6 Å². The highest BCUT2D eigenvalue weighted by molar-refractivity contribution is 7.00. The van der Waals surface area contributed by atoms with Gasteiger partial charge in [0, 0.05) is 11.0 Å². The number of hydrogen-bond donors (Lipinski definition) is 2. The van der Waals surface area contributed by atoms with Gasteiger partial charge in [0.15, 0.2) is 0 Å². The average Bonchev–Trinajstić information content (AvgIpc) is 3.26. The maximum Gasteiger partial charge on any atom is 0.391 e. The molecule has 3 fully saturated rings. The third kappa shape index (κ3) is 3.58. The molecule has 170 valence electrons. The van der Waals surface area contributed by atoms with Crippen LogP contribution in [0.5, 0.6) is 5.75 Å². The summed E-state index contributed by atoms with van der Waals surface area (Å²) in [5.41, 5.74) is -1.20. The van der Waals surface area contributed by atoms with E-state index in [0.29, 0.717) is 22.4 Å². The number of aliphatic hydroxyl groups is 1. The Labute approximate surface area is 211 Å². The van der Waals surface area contributed by atoms with Crippen molar-refractivity contribution in [3.05, 3.63) is 53.3 Å². The minimum atomic E-state index is -2.51. The zero-order valence-electron chi connectivity index (χ0n) is 19.5. The van der Waals surface area contributed by atoms with Gasteiger partial charge in [0.25, 0.3) is 0 Å². The van der Waals surface area contributed by atoms with Gasteiger partial charge in [-0.3, -0.25) is 0 Å². The Kier molecular flexibility index (Phi) is 6.08. The van der Waals surface area contributed by atoms with E-state index in [1.165, 1.54) is 12.1 Å². The van der Waals surface area contributed by atoms with Gasteiger partial charge >= 0.3 is 6.92 Å². The van der Waals surface area contributed by atoms with Crippen molar-refractivity contribution < 1.29 is 24.1 Å². The fourth-order valence-corrected chi connectivity index (χ4v) is 6.06. The van der Waals surface area contributed by atoms with Crippen LogP contribution in [0.2, 0.25) is 5.11 Å². The van der Waals surface area contributed by atoms with Crippen molar-refractivity contribution in [1.29, 1.82) is 0 Å². The average molecular weight is 462 g/mol. The van der Waals surface area contributed by atoms with Crippen LogP contribution in [0.15, 0.2) is 36.4 Å². The van der Waals surface area contributed by atoms with Gasteiger partial charge in [-0.25, -0.2) is 4.39 Å². The summed E-state index contributed by atoms with van der Waals surface area (Å²) in [6, 6.07) is 9.65. The normalized spacial score (nSPS) is 27.5. The zero-order valence-corrected chi connectivity index (χ0v) is 19.5. The van der Waals surface area contributed by atoms with Crippen LogP contribution < -0.4 is 4.74 Å². The monoisotopic (exact) mass is 462 g/mol. The van der Waals surface area contributed by atoms with Crippen LogP contribution in [-0.2, 0) is 10.2 Å². The molecular weight excluding hydrogens is 437 g/mol. The number of halogens is 1. The molecule has 0 aromatic heterocycles. The first kappa shape index (κ1) is 24.8. The van der Waals surface area contributed by atoms with E-state index in [4.69, 9.17) is 36.1 Å². The van der Waals surface area contributed by atoms with E-state index in [2.05, 4.69) is 0 Å². The molecule has 0 spiro atoms. The number of carbonyl (C=O) groups excluding carboxylic acids is 1. The van der Waals surface area contributed by atoms with Crippen LogP contribution in [0, 0.1) is 5.82 Å². The summed E-state index contributed by atoms with van der Waals surface area (Å²) >= 11 is 0. The first-order valence-corrected chi connectivity index (χ1v) is 12.2. The van der Waals surface area contributed by atoms with Crippen LogP contribution in [0.3, 0.4) is 0 Å². The van der Waals surface area contributed by atoms with Gasteiger partial charge in [0.05, 0.1) is 35.0 Å². The predicted molar refractivity (Wildman–Crippen MR) is 137 cm³/mol. The largest absolute Gasteiger partial charge is 0.490 e. The first-order valence-electron chi connectivity index (χ1n) is 12.2. The van der Waals surface area contributed by atoms with Gasteiger partial charge < -0.3 is 19.7 Å². The number of carbonyl (C=O) groups is 1. The van der Waals surface area contributed by atoms with E-state index in [-0.39, 0.29) is 23.4 Å². The Hall–Kier alpha value is -1.92. The van der Waals surface area contributed by atoms with Crippen molar-refractivity contribution >= 4 is 44.0 Å². The second-order valence-electron chi connectivity index (χ2n) is 10.3. The van der Waals surface area contributed by atoms with E-state index in [1.807, 2.05) is 6.07 Å². The molecule has 4 nitrogen and oxygen atoms in total. The smallest absolute Gasteiger partial charge is 0.391 e. The Morgan fingerprint density at radius 1 is 1.03 bits per heavy atom. The maximum atomic E-state index is 15.1. The highest BCUT2D eigenvalue weighted by Gasteiger charge is 2.75. The number of ether oxygens (including phenoxy) is 1. The zero-order chi connectivity index (χ0) is 25.2. The van der Waals surface area contributed by atoms with Crippen molar-refractivity contribution in [1.82, 2.24) is 0 Å². The van der Waals surface area contributed by atoms with Gasteiger partial charge in [-0.15, -0.1) is 5.11 Å². The van der Waals surface area contributed by atoms with Crippen LogP contribution in [0.1, 0.15) is 62.0 Å². The molecular formula is C25H24B5FO4. The molecule has 3 aliphatic rings. The molecule has 2 N–H and O–H groups in total. The van der Waals surface area contributed by atoms with Crippen LogP contribution in [0.4, 0.5) is 4.39 Å². The van der Waals surface area contributed by atoms with Gasteiger partial charge in [-0.2, -0.15) is 0 Å². The lowest BCUT2D eigenvalue weighted by Crippen LogP contribution is -2.84. The second-order valence-corrected chi connectivity index (χ2v) is 10.3. The molecule has 2 saturated carbocycles. The van der Waals surface area contributed by atoms with E-state index >= 15 is 4.39 Å². The van der Waals surface area contributed by atoms with Crippen LogP contribution >= 0.6 is 0 Å². The van der Waals surface area contributed by atoms with Crippen molar-refractivity contribution in [3.8, 4) is 16.9 Å². The highest BCUT2D eigenvalue weighted by atomic mass is 19.1. The van der Waals surface area contributed by atoms with Crippen LogP contribution in [0.25, 0.3) is 11.1 Å². The van der Waals surface area contributed by atoms with Crippen molar-refractivity contribution in [3.63, 3.8) is 0 Å². The summed E-state index contributed by atoms with van der Waals surface area (Å²) in [6.45, 7) is -1.91. The fourth-order valence-electron chi connectivity index (χ4n) is 6.06. The number of hydrogen-bond acceptors (Lipinski definition) is 4. The Balaban J connectivity index is 1.72. The van der Waals surface area contributed by atoms with Gasteiger partial charge in [-0.05, 0) is 79.3 Å². The lowest BCUT2D eigenvalue weighted by Gasteiger charge is -2.63. The molecule has 0 amide bonds. The number of rotatable bonds is 6. The SMILES string of the molecule is [B]C([B])([B])C1(c2ccc(OC3CCCC3)c(-c3cccc(F)c3C3CCC3)c2)C(=O)B(O)C1([B])O. The summed E-state index contributed by atoms with van der Waals surface area (Å²) in [6.07, 6.45) is 6.75. The second kappa shape index (κ2) is 8.59. The highest BCUT2D eigenvalue weighted by Crippen LogP contribution is 2.57. The Bertz CT molecular complexity index is 1160. The third-order valence-corrected chi connectivity index (χ3v) is 8.15.